The first kappa shape index (κ1) is 11.0. The number of hydrogen-bond acceptors (Lipinski definition) is 4. The number of ether oxygens (including phenoxy) is 1. The summed E-state index contributed by atoms with van der Waals surface area (Å²) in [5, 5.41) is 3.19. The van der Waals surface area contributed by atoms with Gasteiger partial charge in [-0.2, -0.15) is 0 Å². The van der Waals surface area contributed by atoms with Crippen LogP contribution in [0.5, 0.6) is 0 Å². The second-order valence-corrected chi connectivity index (χ2v) is 2.36. The molecular weight excluding hydrogens is 182 g/mol. The van der Waals surface area contributed by atoms with Gasteiger partial charge in [-0.3, -0.25) is 4.79 Å². The molecule has 0 N–H and O–H groups in total. The summed E-state index contributed by atoms with van der Waals surface area (Å²) < 4.78 is 4.84. The summed E-state index contributed by atoms with van der Waals surface area (Å²) in [5.74, 6) is 0.618. The van der Waals surface area contributed by atoms with Crippen molar-refractivity contribution in [2.75, 3.05) is 7.11 Å². The molecule has 0 aromatic heterocycles. The predicted molar refractivity (Wildman–Crippen MR) is 45.8 cm³/mol. The zero-order valence-corrected chi connectivity index (χ0v) is 7.67. The Balaban J connectivity index is 0.000000261. The van der Waals surface area contributed by atoms with E-state index in [2.05, 4.69) is 21.6 Å². The molecule has 0 bridgehead atoms. The zero-order valence-electron chi connectivity index (χ0n) is 6.91. The van der Waals surface area contributed by atoms with E-state index in [1.54, 1.807) is 6.26 Å². The molecule has 1 aliphatic heterocycles. The van der Waals surface area contributed by atoms with Gasteiger partial charge in [0.25, 0.3) is 0 Å². The maximum atomic E-state index is 9.21. The van der Waals surface area contributed by atoms with Gasteiger partial charge < -0.3 is 9.57 Å². The average Bonchev–Trinajstić information content (AvgIpc) is 2.39. The minimum atomic E-state index is -0.361. The summed E-state index contributed by atoms with van der Waals surface area (Å²) in [6.45, 7) is 1.29. The predicted octanol–water partition coefficient (Wildman–Crippen LogP) is 1.65. The van der Waals surface area contributed by atoms with E-state index in [0.29, 0.717) is 5.90 Å². The van der Waals surface area contributed by atoms with Crippen LogP contribution in [0.25, 0.3) is 0 Å². The topological polar surface area (TPSA) is 47.9 Å². The third-order valence-electron chi connectivity index (χ3n) is 0.786. The highest BCUT2D eigenvalue weighted by Gasteiger charge is 2.01. The van der Waals surface area contributed by atoms with Crippen LogP contribution in [0.2, 0.25) is 0 Å². The van der Waals surface area contributed by atoms with Gasteiger partial charge in [0.1, 0.15) is 7.11 Å². The minimum absolute atomic E-state index is 0.361. The van der Waals surface area contributed by atoms with E-state index in [1.165, 1.54) is 14.0 Å². The van der Waals surface area contributed by atoms with Crippen molar-refractivity contribution in [1.29, 1.82) is 0 Å². The van der Waals surface area contributed by atoms with E-state index in [1.807, 2.05) is 6.08 Å². The highest BCUT2D eigenvalue weighted by molar-refractivity contribution is 6.62. The molecule has 0 aliphatic carbocycles. The van der Waals surface area contributed by atoms with Gasteiger partial charge in [-0.1, -0.05) is 5.16 Å². The fourth-order valence-corrected chi connectivity index (χ4v) is 0.484. The lowest BCUT2D eigenvalue weighted by atomic mass is 10.5. The molecular formula is C7H10ClNO3. The Morgan fingerprint density at radius 2 is 2.42 bits per heavy atom. The summed E-state index contributed by atoms with van der Waals surface area (Å²) in [7, 11) is 1.49. The molecule has 0 aromatic rings. The van der Waals surface area contributed by atoms with E-state index in [-0.39, 0.29) is 5.24 Å². The van der Waals surface area contributed by atoms with E-state index >= 15 is 0 Å². The maximum Gasteiger partial charge on any atom is 0.234 e. The second kappa shape index (κ2) is 6.67. The molecule has 0 spiro atoms. The number of oxime groups is 1. The van der Waals surface area contributed by atoms with Gasteiger partial charge in [0.05, 0.1) is 6.26 Å². The van der Waals surface area contributed by atoms with Crippen molar-refractivity contribution < 1.29 is 14.4 Å². The summed E-state index contributed by atoms with van der Waals surface area (Å²) in [4.78, 5) is 13.7. The summed E-state index contributed by atoms with van der Waals surface area (Å²) in [6.07, 6.45) is 4.21. The average molecular weight is 192 g/mol. The van der Waals surface area contributed by atoms with E-state index < -0.39 is 0 Å². The number of carbonyl (C=O) groups is 1. The summed E-state index contributed by atoms with van der Waals surface area (Å²) in [5.41, 5.74) is 0. The van der Waals surface area contributed by atoms with Gasteiger partial charge in [0.2, 0.25) is 11.1 Å². The first-order chi connectivity index (χ1) is 5.66. The molecule has 1 rings (SSSR count). The molecule has 0 radical (unpaired) electrons. The lowest BCUT2D eigenvalue weighted by molar-refractivity contribution is -0.109. The van der Waals surface area contributed by atoms with Gasteiger partial charge in [-0.15, -0.1) is 0 Å². The first-order valence-corrected chi connectivity index (χ1v) is 3.62. The fraction of sp³-hybridized carbons (Fsp3) is 0.429. The quantitative estimate of drug-likeness (QED) is 0.468. The van der Waals surface area contributed by atoms with Crippen LogP contribution in [0, 0.1) is 0 Å². The Bertz CT molecular complexity index is 187. The Morgan fingerprint density at radius 3 is 2.75 bits per heavy atom. The Kier molecular flexibility index (Phi) is 6.09. The summed E-state index contributed by atoms with van der Waals surface area (Å²) >= 11 is 4.64. The number of halogens is 1. The Labute approximate surface area is 75.8 Å². The molecule has 12 heavy (non-hydrogen) atoms. The largest absolute Gasteiger partial charge is 0.448 e. The van der Waals surface area contributed by atoms with Crippen molar-refractivity contribution in [2.24, 2.45) is 5.16 Å². The lowest BCUT2D eigenvalue weighted by Gasteiger charge is -1.91. The second-order valence-electron chi connectivity index (χ2n) is 1.83. The maximum absolute atomic E-state index is 9.21. The third-order valence-corrected chi connectivity index (χ3v) is 0.786. The SMILES string of the molecule is CC(=O)Cl.CON=C1CC=CO1. The number of hydrogen-bond donors (Lipinski definition) is 0. The molecule has 0 fully saturated rings. The van der Waals surface area contributed by atoms with Crippen molar-refractivity contribution in [1.82, 2.24) is 0 Å². The fourth-order valence-electron chi connectivity index (χ4n) is 0.484. The molecule has 0 saturated carbocycles. The van der Waals surface area contributed by atoms with Crippen molar-refractivity contribution in [3.63, 3.8) is 0 Å². The zero-order chi connectivity index (χ0) is 9.40. The van der Waals surface area contributed by atoms with Crippen LogP contribution in [0.15, 0.2) is 17.5 Å². The van der Waals surface area contributed by atoms with E-state index in [0.717, 1.165) is 6.42 Å². The molecule has 1 heterocycles. The highest BCUT2D eigenvalue weighted by Crippen LogP contribution is 2.00. The molecule has 4 nitrogen and oxygen atoms in total. The Hall–Kier alpha value is -1.03. The van der Waals surface area contributed by atoms with E-state index in [9.17, 15) is 4.79 Å². The molecule has 5 heteroatoms. The molecule has 0 unspecified atom stereocenters. The lowest BCUT2D eigenvalue weighted by Crippen LogP contribution is -1.92. The van der Waals surface area contributed by atoms with Crippen LogP contribution in [-0.4, -0.2) is 18.2 Å². The molecule has 0 saturated heterocycles. The number of nitrogens with zero attached hydrogens (tertiary/aromatic N) is 1. The van der Waals surface area contributed by atoms with Gasteiger partial charge in [-0.05, 0) is 17.7 Å². The third kappa shape index (κ3) is 7.08. The molecule has 68 valence electrons. The molecule has 0 amide bonds. The van der Waals surface area contributed by atoms with Crippen molar-refractivity contribution >= 4 is 22.7 Å². The van der Waals surface area contributed by atoms with Gasteiger partial charge in [0, 0.05) is 13.3 Å². The standard InChI is InChI=1S/C5H7NO2.C2H3ClO/c1-7-6-5-3-2-4-8-5;1-2(3)4/h2,4H,3H2,1H3;1H3. The first-order valence-electron chi connectivity index (χ1n) is 3.24. The monoisotopic (exact) mass is 191 g/mol. The van der Waals surface area contributed by atoms with Crippen LogP contribution in [0.3, 0.4) is 0 Å². The van der Waals surface area contributed by atoms with Gasteiger partial charge in [0.15, 0.2) is 0 Å². The smallest absolute Gasteiger partial charge is 0.234 e. The Morgan fingerprint density at radius 1 is 1.83 bits per heavy atom. The minimum Gasteiger partial charge on any atom is -0.448 e. The summed E-state index contributed by atoms with van der Waals surface area (Å²) in [6, 6.07) is 0. The number of carbonyl (C=O) groups excluding carboxylic acids is 1. The number of rotatable bonds is 1. The van der Waals surface area contributed by atoms with Crippen LogP contribution >= 0.6 is 11.6 Å². The highest BCUT2D eigenvalue weighted by atomic mass is 35.5. The molecule has 0 atom stereocenters. The van der Waals surface area contributed by atoms with Gasteiger partial charge in [-0.25, -0.2) is 0 Å². The van der Waals surface area contributed by atoms with Crippen molar-refractivity contribution in [3.05, 3.63) is 12.3 Å². The van der Waals surface area contributed by atoms with Crippen LogP contribution < -0.4 is 0 Å². The van der Waals surface area contributed by atoms with E-state index in [4.69, 9.17) is 4.74 Å². The van der Waals surface area contributed by atoms with Crippen LogP contribution in [-0.2, 0) is 14.4 Å². The van der Waals surface area contributed by atoms with Crippen LogP contribution in [0.4, 0.5) is 0 Å². The normalized spacial score (nSPS) is 16.4. The van der Waals surface area contributed by atoms with Gasteiger partial charge >= 0.3 is 0 Å². The molecule has 0 aromatic carbocycles. The van der Waals surface area contributed by atoms with Crippen LogP contribution in [0.1, 0.15) is 13.3 Å². The van der Waals surface area contributed by atoms with Crippen molar-refractivity contribution in [3.8, 4) is 0 Å². The molecule has 1 aliphatic rings. The van der Waals surface area contributed by atoms with Crippen molar-refractivity contribution in [2.45, 2.75) is 13.3 Å².